The third-order valence-electron chi connectivity index (χ3n) is 3.65. The average Bonchev–Trinajstić information content (AvgIpc) is 2.53. The highest BCUT2D eigenvalue weighted by Crippen LogP contribution is 2.18. The van der Waals surface area contributed by atoms with Gasteiger partial charge in [0.2, 0.25) is 5.95 Å². The summed E-state index contributed by atoms with van der Waals surface area (Å²) in [5.41, 5.74) is 1.26. The zero-order valence-corrected chi connectivity index (χ0v) is 13.8. The van der Waals surface area contributed by atoms with Gasteiger partial charge in [-0.25, -0.2) is 0 Å². The molecule has 0 saturated carbocycles. The molecule has 0 aliphatic heterocycles. The minimum absolute atomic E-state index is 0.327. The van der Waals surface area contributed by atoms with Gasteiger partial charge < -0.3 is 10.2 Å². The number of anilines is 2. The van der Waals surface area contributed by atoms with E-state index >= 15 is 0 Å². The highest BCUT2D eigenvalue weighted by molar-refractivity contribution is 5.42. The van der Waals surface area contributed by atoms with Crippen molar-refractivity contribution in [2.75, 3.05) is 10.2 Å². The van der Waals surface area contributed by atoms with Crippen molar-refractivity contribution in [1.29, 1.82) is 0 Å². The van der Waals surface area contributed by atoms with Crippen LogP contribution >= 0.6 is 0 Å². The van der Waals surface area contributed by atoms with Gasteiger partial charge in [0.25, 0.3) is 0 Å². The molecule has 0 saturated heterocycles. The Bertz CT molecular complexity index is 570. The molecule has 0 spiro atoms. The van der Waals surface area contributed by atoms with E-state index in [0.717, 1.165) is 18.8 Å². The number of aromatic nitrogens is 3. The minimum Gasteiger partial charge on any atom is -0.350 e. The maximum Gasteiger partial charge on any atom is 0.244 e. The van der Waals surface area contributed by atoms with Crippen LogP contribution in [0.1, 0.15) is 39.7 Å². The van der Waals surface area contributed by atoms with Crippen molar-refractivity contribution in [2.45, 2.75) is 52.7 Å². The molecule has 1 aromatic heterocycles. The maximum absolute atomic E-state index is 4.62. The molecule has 1 heterocycles. The molecule has 1 atom stereocenters. The first-order valence-corrected chi connectivity index (χ1v) is 7.87. The van der Waals surface area contributed by atoms with Crippen molar-refractivity contribution in [3.8, 4) is 0 Å². The van der Waals surface area contributed by atoms with Crippen LogP contribution in [0, 0.1) is 0 Å². The lowest BCUT2D eigenvalue weighted by Gasteiger charge is -2.28. The number of hydrogen-bond acceptors (Lipinski definition) is 5. The molecule has 2 aromatic rings. The Hall–Kier alpha value is -2.17. The molecule has 2 rings (SSSR count). The second-order valence-electron chi connectivity index (χ2n) is 5.80. The van der Waals surface area contributed by atoms with Crippen molar-refractivity contribution in [2.24, 2.45) is 0 Å². The zero-order chi connectivity index (χ0) is 15.9. The lowest BCUT2D eigenvalue weighted by molar-refractivity contribution is 0.665. The Morgan fingerprint density at radius 2 is 1.86 bits per heavy atom. The van der Waals surface area contributed by atoms with Crippen molar-refractivity contribution in [3.05, 3.63) is 42.1 Å². The van der Waals surface area contributed by atoms with Crippen LogP contribution in [0.5, 0.6) is 0 Å². The van der Waals surface area contributed by atoms with Crippen molar-refractivity contribution in [1.82, 2.24) is 15.2 Å². The van der Waals surface area contributed by atoms with Crippen LogP contribution in [0.3, 0.4) is 0 Å². The fraction of sp³-hybridized carbons (Fsp3) is 0.471. The number of benzene rings is 1. The van der Waals surface area contributed by atoms with E-state index < -0.39 is 0 Å². The second-order valence-corrected chi connectivity index (χ2v) is 5.80. The van der Waals surface area contributed by atoms with Crippen LogP contribution in [0.15, 0.2) is 36.5 Å². The number of nitrogens with zero attached hydrogens (tertiary/aromatic N) is 4. The van der Waals surface area contributed by atoms with Gasteiger partial charge in [0.15, 0.2) is 5.82 Å². The Balaban J connectivity index is 2.19. The van der Waals surface area contributed by atoms with E-state index in [-0.39, 0.29) is 0 Å². The number of hydrogen-bond donors (Lipinski definition) is 1. The summed E-state index contributed by atoms with van der Waals surface area (Å²) in [6, 6.07) is 11.1. The second kappa shape index (κ2) is 7.73. The summed E-state index contributed by atoms with van der Waals surface area (Å²) in [5, 5.41) is 11.5. The molecule has 0 amide bonds. The van der Waals surface area contributed by atoms with Gasteiger partial charge in [-0.1, -0.05) is 37.3 Å². The van der Waals surface area contributed by atoms with Gasteiger partial charge in [-0.3, -0.25) is 0 Å². The van der Waals surface area contributed by atoms with Gasteiger partial charge in [-0.2, -0.15) is 10.1 Å². The van der Waals surface area contributed by atoms with Crippen LogP contribution in [0.4, 0.5) is 11.8 Å². The van der Waals surface area contributed by atoms with Crippen molar-refractivity contribution >= 4 is 11.8 Å². The largest absolute Gasteiger partial charge is 0.350 e. The first-order valence-electron chi connectivity index (χ1n) is 7.87. The zero-order valence-electron chi connectivity index (χ0n) is 13.8. The predicted molar refractivity (Wildman–Crippen MR) is 91.0 cm³/mol. The van der Waals surface area contributed by atoms with Crippen molar-refractivity contribution < 1.29 is 0 Å². The summed E-state index contributed by atoms with van der Waals surface area (Å²) < 4.78 is 0. The third-order valence-corrected chi connectivity index (χ3v) is 3.65. The Morgan fingerprint density at radius 3 is 2.50 bits per heavy atom. The fourth-order valence-electron chi connectivity index (χ4n) is 2.13. The average molecular weight is 299 g/mol. The summed E-state index contributed by atoms with van der Waals surface area (Å²) >= 11 is 0. The molecule has 118 valence electrons. The minimum atomic E-state index is 0.327. The fourth-order valence-corrected chi connectivity index (χ4v) is 2.13. The smallest absolute Gasteiger partial charge is 0.244 e. The molecule has 0 aliphatic rings. The van der Waals surface area contributed by atoms with E-state index in [1.165, 1.54) is 5.56 Å². The van der Waals surface area contributed by atoms with E-state index in [2.05, 4.69) is 77.4 Å². The molecule has 5 heteroatoms. The van der Waals surface area contributed by atoms with Crippen LogP contribution in [-0.4, -0.2) is 27.3 Å². The van der Waals surface area contributed by atoms with E-state index in [0.29, 0.717) is 18.0 Å². The lowest BCUT2D eigenvalue weighted by atomic mass is 10.2. The first kappa shape index (κ1) is 16.2. The van der Waals surface area contributed by atoms with E-state index in [4.69, 9.17) is 0 Å². The molecule has 1 aromatic carbocycles. The molecule has 0 fully saturated rings. The van der Waals surface area contributed by atoms with E-state index in [1.54, 1.807) is 6.20 Å². The van der Waals surface area contributed by atoms with Crippen LogP contribution in [-0.2, 0) is 6.54 Å². The SMILES string of the molecule is CCC(C)Nc1nncc(N(Cc2ccccc2)C(C)C)n1. The maximum atomic E-state index is 4.62. The van der Waals surface area contributed by atoms with Gasteiger partial charge in [0.1, 0.15) is 0 Å². The Labute approximate surface area is 132 Å². The van der Waals surface area contributed by atoms with Gasteiger partial charge in [0.05, 0.1) is 6.20 Å². The van der Waals surface area contributed by atoms with Gasteiger partial charge >= 0.3 is 0 Å². The van der Waals surface area contributed by atoms with Gasteiger partial charge in [-0.05, 0) is 32.8 Å². The topological polar surface area (TPSA) is 53.9 Å². The van der Waals surface area contributed by atoms with Gasteiger partial charge in [0, 0.05) is 18.6 Å². The van der Waals surface area contributed by atoms with Crippen LogP contribution < -0.4 is 10.2 Å². The molecule has 5 nitrogen and oxygen atoms in total. The van der Waals surface area contributed by atoms with Crippen molar-refractivity contribution in [3.63, 3.8) is 0 Å². The molecule has 0 bridgehead atoms. The molecular formula is C17H25N5. The highest BCUT2D eigenvalue weighted by atomic mass is 15.3. The highest BCUT2D eigenvalue weighted by Gasteiger charge is 2.14. The molecule has 1 unspecified atom stereocenters. The number of nitrogens with one attached hydrogen (secondary N) is 1. The molecule has 0 radical (unpaired) electrons. The summed E-state index contributed by atoms with van der Waals surface area (Å²) in [6.45, 7) is 9.37. The molecule has 22 heavy (non-hydrogen) atoms. The predicted octanol–water partition coefficient (Wildman–Crippen LogP) is 3.50. The van der Waals surface area contributed by atoms with Crippen LogP contribution in [0.2, 0.25) is 0 Å². The monoisotopic (exact) mass is 299 g/mol. The Kier molecular flexibility index (Phi) is 5.69. The molecule has 0 aliphatic carbocycles. The van der Waals surface area contributed by atoms with E-state index in [1.807, 2.05) is 6.07 Å². The standard InChI is InChI=1S/C17H25N5/c1-5-14(4)19-17-20-16(11-18-21-17)22(13(2)3)12-15-9-7-6-8-10-15/h6-11,13-14H,5,12H2,1-4H3,(H,19,20,21). The summed E-state index contributed by atoms with van der Waals surface area (Å²) in [4.78, 5) is 6.85. The molecular weight excluding hydrogens is 274 g/mol. The first-order chi connectivity index (χ1) is 10.6. The van der Waals surface area contributed by atoms with E-state index in [9.17, 15) is 0 Å². The van der Waals surface area contributed by atoms with Gasteiger partial charge in [-0.15, -0.1) is 5.10 Å². The van der Waals surface area contributed by atoms with Crippen LogP contribution in [0.25, 0.3) is 0 Å². The quantitative estimate of drug-likeness (QED) is 0.848. The lowest BCUT2D eigenvalue weighted by Crippen LogP contribution is -2.31. The molecule has 1 N–H and O–H groups in total. The normalized spacial score (nSPS) is 12.2. The Morgan fingerprint density at radius 1 is 1.14 bits per heavy atom. The third kappa shape index (κ3) is 4.41. The summed E-state index contributed by atoms with van der Waals surface area (Å²) in [5.74, 6) is 1.44. The summed E-state index contributed by atoms with van der Waals surface area (Å²) in [6.07, 6.45) is 2.75. The summed E-state index contributed by atoms with van der Waals surface area (Å²) in [7, 11) is 0. The number of rotatable bonds is 7.